The molecule has 322 valence electrons. The molecule has 59 heavy (non-hydrogen) atoms. The van der Waals surface area contributed by atoms with Gasteiger partial charge < -0.3 is 52.2 Å². The number of hydrogen-bond acceptors (Lipinski definition) is 10. The number of aliphatic hydroxyl groups excluding tert-OH is 1. The van der Waals surface area contributed by atoms with Crippen LogP contribution in [0.15, 0.2) is 60.8 Å². The summed E-state index contributed by atoms with van der Waals surface area (Å²) < 4.78 is 31.2. The van der Waals surface area contributed by atoms with Gasteiger partial charge in [-0.3, -0.25) is 28.8 Å². The number of nitrogens with zero attached hydrogens (tertiary/aromatic N) is 2. The van der Waals surface area contributed by atoms with Crippen LogP contribution in [0.25, 0.3) is 11.1 Å². The minimum atomic E-state index is -1.28. The Morgan fingerprint density at radius 3 is 2.19 bits per heavy atom. The number of amides is 4. The van der Waals surface area contributed by atoms with Crippen LogP contribution >= 0.6 is 11.8 Å². The maximum Gasteiger partial charge on any atom is 0.321 e. The lowest BCUT2D eigenvalue weighted by Gasteiger charge is -2.41. The molecule has 0 fully saturated rings. The number of carboxylic acids is 2. The Morgan fingerprint density at radius 2 is 1.56 bits per heavy atom. The molecule has 10 N–H and O–H groups in total. The van der Waals surface area contributed by atoms with E-state index in [0.29, 0.717) is 17.8 Å². The molecule has 0 aliphatic heterocycles. The van der Waals surface area contributed by atoms with Crippen molar-refractivity contribution in [3.05, 3.63) is 83.7 Å². The van der Waals surface area contributed by atoms with E-state index >= 15 is 4.39 Å². The fourth-order valence-corrected chi connectivity index (χ4v) is 7.31. The third-order valence-electron chi connectivity index (χ3n) is 9.13. The van der Waals surface area contributed by atoms with Gasteiger partial charge in [0.2, 0.25) is 23.6 Å². The number of halogens is 2. The smallest absolute Gasteiger partial charge is 0.321 e. The Hall–Kier alpha value is -5.37. The van der Waals surface area contributed by atoms with Gasteiger partial charge in [0.1, 0.15) is 24.3 Å². The number of carbonyl (C=O) groups is 6. The molecule has 0 aliphatic carbocycles. The maximum atomic E-state index is 15.0. The van der Waals surface area contributed by atoms with Gasteiger partial charge in [-0.25, -0.2) is 8.78 Å². The quantitative estimate of drug-likeness (QED) is 0.0637. The summed E-state index contributed by atoms with van der Waals surface area (Å²) in [6, 6.07) is 11.1. The molecule has 1 unspecified atom stereocenters. The standard InChI is InChI=1S/C40H53F2N7O9S/c1-40(2,3)36(31-17-25(27-18-26(41)9-10-28(27)42)21-48(31)20-24-7-5-4-6-8-24)49(34(52)22-50)16-13-29(43)37(55)46-15-14-45-33(51)19-47-38(56)32(11-12-35(53)54)59-23-30(44)39(57)58/h4-10,17-18,21,29-30,32,36,50H,11-16,19-20,22-23,43-44H2,1-3H3,(H,45,51)(H,46,55)(H,47,56)(H,53,54)(H,57,58)/t29-,30-,32?,36-/m0/s1. The van der Waals surface area contributed by atoms with Crippen LogP contribution in [-0.4, -0.2) is 116 Å². The van der Waals surface area contributed by atoms with E-state index in [4.69, 9.17) is 21.7 Å². The lowest BCUT2D eigenvalue weighted by molar-refractivity contribution is -0.140. The largest absolute Gasteiger partial charge is 0.481 e. The molecule has 4 atom stereocenters. The molecular weight excluding hydrogens is 793 g/mol. The summed E-state index contributed by atoms with van der Waals surface area (Å²) in [5.41, 5.74) is 12.9. The maximum absolute atomic E-state index is 15.0. The van der Waals surface area contributed by atoms with Gasteiger partial charge in [0.15, 0.2) is 0 Å². The molecule has 3 rings (SSSR count). The number of nitrogens with one attached hydrogen (secondary N) is 3. The number of aromatic nitrogens is 1. The predicted octanol–water partition coefficient (Wildman–Crippen LogP) is 1.83. The van der Waals surface area contributed by atoms with Crippen molar-refractivity contribution in [3.8, 4) is 11.1 Å². The number of carbonyl (C=O) groups excluding carboxylic acids is 4. The summed E-state index contributed by atoms with van der Waals surface area (Å²) in [6.07, 6.45) is 1.17. The number of aliphatic hydroxyl groups is 1. The summed E-state index contributed by atoms with van der Waals surface area (Å²) in [5.74, 6) is -6.38. The van der Waals surface area contributed by atoms with Crippen molar-refractivity contribution >= 4 is 47.3 Å². The van der Waals surface area contributed by atoms with Crippen molar-refractivity contribution in [2.45, 2.75) is 70.0 Å². The topological polar surface area (TPSA) is 259 Å². The number of aliphatic carboxylic acids is 2. The zero-order valence-corrected chi connectivity index (χ0v) is 34.0. The van der Waals surface area contributed by atoms with Crippen molar-refractivity contribution in [1.82, 2.24) is 25.4 Å². The lowest BCUT2D eigenvalue weighted by Crippen LogP contribution is -2.48. The molecule has 1 aromatic heterocycles. The lowest BCUT2D eigenvalue weighted by atomic mass is 9.82. The highest BCUT2D eigenvalue weighted by atomic mass is 32.2. The molecule has 19 heteroatoms. The summed E-state index contributed by atoms with van der Waals surface area (Å²) in [6.45, 7) is 4.50. The second-order valence-electron chi connectivity index (χ2n) is 14.9. The highest BCUT2D eigenvalue weighted by Gasteiger charge is 2.37. The molecule has 4 amide bonds. The SMILES string of the molecule is CC(C)(C)[C@H](c1cc(-c2cc(F)ccc2F)cn1Cc1ccccc1)N(CC[C@H](N)C(=O)NCCNC(=O)CNC(=O)C(CCC(=O)O)SC[C@H](N)C(=O)O)C(=O)CO. The number of nitrogens with two attached hydrogens (primary N) is 2. The van der Waals surface area contributed by atoms with Crippen molar-refractivity contribution in [2.75, 3.05) is 38.5 Å². The first-order chi connectivity index (χ1) is 27.8. The van der Waals surface area contributed by atoms with Crippen LogP contribution in [0.5, 0.6) is 0 Å². The molecule has 0 saturated heterocycles. The van der Waals surface area contributed by atoms with Gasteiger partial charge in [-0.15, -0.1) is 11.8 Å². The minimum absolute atomic E-state index is 0.0293. The van der Waals surface area contributed by atoms with Crippen molar-refractivity contribution < 1.29 is 52.9 Å². The number of carboxylic acid groups (broad SMARTS) is 2. The van der Waals surface area contributed by atoms with Crippen molar-refractivity contribution in [3.63, 3.8) is 0 Å². The third kappa shape index (κ3) is 15.1. The Labute approximate surface area is 345 Å². The van der Waals surface area contributed by atoms with Crippen molar-refractivity contribution in [1.29, 1.82) is 0 Å². The molecule has 16 nitrogen and oxygen atoms in total. The van der Waals surface area contributed by atoms with Gasteiger partial charge in [0.05, 0.1) is 23.9 Å². The van der Waals surface area contributed by atoms with Crippen LogP contribution in [0.1, 0.15) is 57.3 Å². The van der Waals surface area contributed by atoms with E-state index in [1.165, 1.54) is 4.90 Å². The Morgan fingerprint density at radius 1 is 0.881 bits per heavy atom. The summed E-state index contributed by atoms with van der Waals surface area (Å²) in [7, 11) is 0. The number of benzene rings is 2. The van der Waals surface area contributed by atoms with Crippen LogP contribution in [0.4, 0.5) is 8.78 Å². The molecule has 0 aliphatic rings. The summed E-state index contributed by atoms with van der Waals surface area (Å²) in [5, 5.41) is 34.6. The third-order valence-corrected chi connectivity index (χ3v) is 10.5. The van der Waals surface area contributed by atoms with Gasteiger partial charge in [0, 0.05) is 61.4 Å². The average molecular weight is 846 g/mol. The van der Waals surface area contributed by atoms with E-state index < -0.39 is 89.1 Å². The highest BCUT2D eigenvalue weighted by molar-refractivity contribution is 8.00. The molecule has 1 heterocycles. The zero-order valence-electron chi connectivity index (χ0n) is 33.2. The highest BCUT2D eigenvalue weighted by Crippen LogP contribution is 2.41. The molecular formula is C40H53F2N7O9S. The van der Waals surface area contributed by atoms with Crippen LogP contribution < -0.4 is 27.4 Å². The van der Waals surface area contributed by atoms with E-state index in [9.17, 15) is 38.3 Å². The number of thioether (sulfide) groups is 1. The Kier molecular flexibility index (Phi) is 18.5. The van der Waals surface area contributed by atoms with E-state index in [1.54, 1.807) is 12.3 Å². The summed E-state index contributed by atoms with van der Waals surface area (Å²) >= 11 is 0.867. The first-order valence-corrected chi connectivity index (χ1v) is 19.9. The van der Waals surface area contributed by atoms with Gasteiger partial charge in [-0.2, -0.15) is 0 Å². The van der Waals surface area contributed by atoms with Gasteiger partial charge in [0.25, 0.3) is 0 Å². The van der Waals surface area contributed by atoms with Gasteiger partial charge >= 0.3 is 11.9 Å². The molecule has 0 saturated carbocycles. The van der Waals surface area contributed by atoms with Crippen LogP contribution in [0.3, 0.4) is 0 Å². The average Bonchev–Trinajstić information content (AvgIpc) is 3.58. The molecule has 0 spiro atoms. The number of rotatable bonds is 23. The molecule has 0 radical (unpaired) electrons. The second-order valence-corrected chi connectivity index (χ2v) is 16.1. The van der Waals surface area contributed by atoms with Gasteiger partial charge in [-0.05, 0) is 48.1 Å². The van der Waals surface area contributed by atoms with E-state index in [-0.39, 0.29) is 50.2 Å². The molecule has 0 bridgehead atoms. The molecule has 2 aromatic carbocycles. The normalized spacial score (nSPS) is 13.4. The predicted molar refractivity (Wildman–Crippen MR) is 217 cm³/mol. The second kappa shape index (κ2) is 22.7. The molecule has 3 aromatic rings. The number of hydrogen-bond donors (Lipinski definition) is 8. The van der Waals surface area contributed by atoms with Crippen LogP contribution in [-0.2, 0) is 35.3 Å². The Bertz CT molecular complexity index is 1930. The van der Waals surface area contributed by atoms with E-state index in [0.717, 1.165) is 35.5 Å². The monoisotopic (exact) mass is 845 g/mol. The first kappa shape index (κ1) is 48.0. The van der Waals surface area contributed by atoms with E-state index in [1.807, 2.05) is 55.7 Å². The zero-order chi connectivity index (χ0) is 43.9. The fraction of sp³-hybridized carbons (Fsp3) is 0.450. The first-order valence-electron chi connectivity index (χ1n) is 18.8. The van der Waals surface area contributed by atoms with Crippen LogP contribution in [0.2, 0.25) is 0 Å². The minimum Gasteiger partial charge on any atom is -0.481 e. The fourth-order valence-electron chi connectivity index (χ4n) is 6.21. The summed E-state index contributed by atoms with van der Waals surface area (Å²) in [4.78, 5) is 74.9. The van der Waals surface area contributed by atoms with Crippen molar-refractivity contribution in [2.24, 2.45) is 16.9 Å². The van der Waals surface area contributed by atoms with Gasteiger partial charge in [-0.1, -0.05) is 51.1 Å². The van der Waals surface area contributed by atoms with E-state index in [2.05, 4.69) is 16.0 Å². The van der Waals surface area contributed by atoms with Crippen LogP contribution in [0, 0.1) is 17.0 Å². The Balaban J connectivity index is 1.66.